The Morgan fingerprint density at radius 2 is 2.12 bits per heavy atom. The van der Waals surface area contributed by atoms with Crippen molar-refractivity contribution in [3.05, 3.63) is 0 Å². The molecule has 0 saturated carbocycles. The van der Waals surface area contributed by atoms with Crippen LogP contribution in [0.2, 0.25) is 0 Å². The molecule has 16 heavy (non-hydrogen) atoms. The number of piperidine rings is 1. The van der Waals surface area contributed by atoms with Gasteiger partial charge in [0.15, 0.2) is 0 Å². The fourth-order valence-corrected chi connectivity index (χ4v) is 2.17. The number of nitrogens with zero attached hydrogens (tertiary/aromatic N) is 1. The average Bonchev–Trinajstić information content (AvgIpc) is 1.96. The van der Waals surface area contributed by atoms with E-state index in [-0.39, 0.29) is 24.0 Å². The monoisotopic (exact) mass is 229 g/mol. The number of carbonyl (C=O) groups is 1. The molecule has 4 heteroatoms. The first-order valence-electron chi connectivity index (χ1n) is 5.78. The first kappa shape index (κ1) is 13.6. The summed E-state index contributed by atoms with van der Waals surface area (Å²) in [6.45, 7) is 9.62. The van der Waals surface area contributed by atoms with Crippen LogP contribution in [0, 0.1) is 0 Å². The minimum atomic E-state index is -0.850. The minimum Gasteiger partial charge on any atom is -0.388 e. The lowest BCUT2D eigenvalue weighted by Gasteiger charge is -2.45. The first-order valence-corrected chi connectivity index (χ1v) is 5.78. The number of hydrogen-bond donors (Lipinski definition) is 1. The predicted octanol–water partition coefficient (Wildman–Crippen LogP) is 1.52. The highest BCUT2D eigenvalue weighted by molar-refractivity contribution is 5.81. The van der Waals surface area contributed by atoms with Gasteiger partial charge in [0, 0.05) is 24.4 Å². The maximum atomic E-state index is 11.5. The van der Waals surface area contributed by atoms with E-state index in [1.54, 1.807) is 13.8 Å². The average molecular weight is 229 g/mol. The molecule has 0 aromatic rings. The van der Waals surface area contributed by atoms with E-state index in [4.69, 9.17) is 4.84 Å². The first-order chi connectivity index (χ1) is 7.12. The molecule has 1 saturated heterocycles. The molecule has 0 radical (unpaired) electrons. The molecule has 4 nitrogen and oxygen atoms in total. The van der Waals surface area contributed by atoms with Gasteiger partial charge in [0.1, 0.15) is 5.78 Å². The van der Waals surface area contributed by atoms with Gasteiger partial charge in [-0.2, -0.15) is 5.06 Å². The van der Waals surface area contributed by atoms with Gasteiger partial charge in [-0.25, -0.2) is 0 Å². The summed E-state index contributed by atoms with van der Waals surface area (Å²) >= 11 is 0. The second-order valence-electron chi connectivity index (χ2n) is 5.99. The Hall–Kier alpha value is -0.450. The highest BCUT2D eigenvalue weighted by atomic mass is 16.7. The van der Waals surface area contributed by atoms with Gasteiger partial charge in [0.2, 0.25) is 0 Å². The van der Waals surface area contributed by atoms with Crippen LogP contribution < -0.4 is 0 Å². The van der Waals surface area contributed by atoms with Crippen molar-refractivity contribution in [2.75, 3.05) is 6.61 Å². The van der Waals surface area contributed by atoms with Crippen molar-refractivity contribution in [1.29, 1.82) is 0 Å². The van der Waals surface area contributed by atoms with Crippen molar-refractivity contribution in [2.45, 2.75) is 64.6 Å². The number of ketones is 1. The SMILES string of the molecule is CC1CC(=O)CC(C)(C)N1OCC(C)(C)O. The molecule has 0 aromatic carbocycles. The van der Waals surface area contributed by atoms with Gasteiger partial charge in [-0.15, -0.1) is 0 Å². The van der Waals surface area contributed by atoms with E-state index in [9.17, 15) is 9.90 Å². The van der Waals surface area contributed by atoms with E-state index in [1.807, 2.05) is 25.8 Å². The normalized spacial score (nSPS) is 27.1. The molecular weight excluding hydrogens is 206 g/mol. The molecule has 1 heterocycles. The van der Waals surface area contributed by atoms with Crippen LogP contribution in [0.3, 0.4) is 0 Å². The zero-order valence-corrected chi connectivity index (χ0v) is 10.9. The molecular formula is C12H23NO3. The van der Waals surface area contributed by atoms with Gasteiger partial charge < -0.3 is 5.11 Å². The van der Waals surface area contributed by atoms with Gasteiger partial charge in [-0.05, 0) is 34.6 Å². The van der Waals surface area contributed by atoms with Gasteiger partial charge in [-0.3, -0.25) is 9.63 Å². The van der Waals surface area contributed by atoms with E-state index < -0.39 is 5.60 Å². The standard InChI is InChI=1S/C12H23NO3/c1-9-6-10(14)7-11(2,3)13(9)16-8-12(4,5)15/h9,15H,6-8H2,1-5H3. The molecule has 1 N–H and O–H groups in total. The van der Waals surface area contributed by atoms with E-state index in [0.717, 1.165) is 0 Å². The molecule has 1 fully saturated rings. The Morgan fingerprint density at radius 1 is 1.56 bits per heavy atom. The summed E-state index contributed by atoms with van der Waals surface area (Å²) in [5.41, 5.74) is -1.14. The van der Waals surface area contributed by atoms with Crippen molar-refractivity contribution in [2.24, 2.45) is 0 Å². The van der Waals surface area contributed by atoms with Gasteiger partial charge >= 0.3 is 0 Å². The van der Waals surface area contributed by atoms with Crippen LogP contribution in [-0.4, -0.2) is 39.7 Å². The maximum absolute atomic E-state index is 11.5. The lowest BCUT2D eigenvalue weighted by atomic mass is 9.88. The molecule has 1 aliphatic rings. The summed E-state index contributed by atoms with van der Waals surface area (Å²) in [5.74, 6) is 0.278. The Morgan fingerprint density at radius 3 is 2.56 bits per heavy atom. The number of Topliss-reactive ketones (excluding diaryl/α,β-unsaturated/α-hetero) is 1. The largest absolute Gasteiger partial charge is 0.388 e. The molecule has 0 aromatic heterocycles. The Kier molecular flexibility index (Phi) is 3.77. The summed E-state index contributed by atoms with van der Waals surface area (Å²) in [7, 11) is 0. The molecule has 1 rings (SSSR count). The Bertz CT molecular complexity index is 268. The molecule has 0 spiro atoms. The van der Waals surface area contributed by atoms with Crippen molar-refractivity contribution in [1.82, 2.24) is 5.06 Å². The molecule has 0 amide bonds. The fourth-order valence-electron chi connectivity index (χ4n) is 2.17. The van der Waals surface area contributed by atoms with E-state index >= 15 is 0 Å². The van der Waals surface area contributed by atoms with Crippen LogP contribution >= 0.6 is 0 Å². The lowest BCUT2D eigenvalue weighted by Crippen LogP contribution is -2.55. The van der Waals surface area contributed by atoms with Crippen molar-refractivity contribution in [3.63, 3.8) is 0 Å². The summed E-state index contributed by atoms with van der Waals surface area (Å²) < 4.78 is 0. The van der Waals surface area contributed by atoms with Crippen LogP contribution in [-0.2, 0) is 9.63 Å². The highest BCUT2D eigenvalue weighted by Gasteiger charge is 2.39. The van der Waals surface area contributed by atoms with Crippen LogP contribution in [0.1, 0.15) is 47.5 Å². The molecule has 1 aliphatic heterocycles. The summed E-state index contributed by atoms with van der Waals surface area (Å²) in [6.07, 6.45) is 1.03. The third-order valence-electron chi connectivity index (χ3n) is 2.71. The number of rotatable bonds is 3. The van der Waals surface area contributed by atoms with Crippen molar-refractivity contribution >= 4 is 5.78 Å². The van der Waals surface area contributed by atoms with Gasteiger partial charge in [0.25, 0.3) is 0 Å². The van der Waals surface area contributed by atoms with Gasteiger partial charge in [0.05, 0.1) is 12.2 Å². The Labute approximate surface area is 97.5 Å². The van der Waals surface area contributed by atoms with Gasteiger partial charge in [-0.1, -0.05) is 0 Å². The summed E-state index contributed by atoms with van der Waals surface area (Å²) in [5, 5.41) is 11.5. The molecule has 0 bridgehead atoms. The van der Waals surface area contributed by atoms with Crippen LogP contribution in [0.4, 0.5) is 0 Å². The lowest BCUT2D eigenvalue weighted by molar-refractivity contribution is -0.265. The molecule has 94 valence electrons. The third kappa shape index (κ3) is 3.54. The van der Waals surface area contributed by atoms with Crippen molar-refractivity contribution < 1.29 is 14.7 Å². The quantitative estimate of drug-likeness (QED) is 0.797. The van der Waals surface area contributed by atoms with Crippen LogP contribution in [0.25, 0.3) is 0 Å². The minimum absolute atomic E-state index is 0.0681. The van der Waals surface area contributed by atoms with E-state index in [2.05, 4.69) is 0 Å². The predicted molar refractivity (Wildman–Crippen MR) is 61.9 cm³/mol. The van der Waals surface area contributed by atoms with Crippen molar-refractivity contribution in [3.8, 4) is 0 Å². The zero-order valence-electron chi connectivity index (χ0n) is 10.9. The molecule has 1 atom stereocenters. The topological polar surface area (TPSA) is 49.8 Å². The number of hydroxylamine groups is 2. The maximum Gasteiger partial charge on any atom is 0.136 e. The number of hydrogen-bond acceptors (Lipinski definition) is 4. The molecule has 1 unspecified atom stereocenters. The smallest absolute Gasteiger partial charge is 0.136 e. The zero-order chi connectivity index (χ0) is 12.6. The fraction of sp³-hybridized carbons (Fsp3) is 0.917. The number of carbonyl (C=O) groups excluding carboxylic acids is 1. The van der Waals surface area contributed by atoms with E-state index in [1.165, 1.54) is 0 Å². The second-order valence-corrected chi connectivity index (χ2v) is 5.99. The summed E-state index contributed by atoms with van der Waals surface area (Å²) in [4.78, 5) is 17.2. The third-order valence-corrected chi connectivity index (χ3v) is 2.71. The Balaban J connectivity index is 2.66. The van der Waals surface area contributed by atoms with Crippen LogP contribution in [0.5, 0.6) is 0 Å². The number of aliphatic hydroxyl groups is 1. The summed E-state index contributed by atoms with van der Waals surface area (Å²) in [6, 6.07) is 0.0681. The van der Waals surface area contributed by atoms with Crippen LogP contribution in [0.15, 0.2) is 0 Å². The molecule has 0 aliphatic carbocycles. The van der Waals surface area contributed by atoms with E-state index in [0.29, 0.717) is 12.8 Å². The highest BCUT2D eigenvalue weighted by Crippen LogP contribution is 2.30. The second kappa shape index (κ2) is 4.43.